The number of anilines is 1. The van der Waals surface area contributed by atoms with E-state index < -0.39 is 33.8 Å². The molecule has 0 unspecified atom stereocenters. The number of fused-ring (bicyclic) bond motifs is 1. The Morgan fingerprint density at radius 1 is 0.971 bits per heavy atom. The molecule has 3 amide bonds. The zero-order valence-electron chi connectivity index (χ0n) is 19.7. The van der Waals surface area contributed by atoms with E-state index in [2.05, 4.69) is 5.32 Å². The summed E-state index contributed by atoms with van der Waals surface area (Å²) in [5.41, 5.74) is 1.80. The van der Waals surface area contributed by atoms with Crippen molar-refractivity contribution in [3.8, 4) is 0 Å². The number of aryl methyl sites for hydroxylation is 1. The monoisotopic (exact) mass is 483 g/mol. The zero-order valence-corrected chi connectivity index (χ0v) is 20.6. The molecule has 9 heteroatoms. The highest BCUT2D eigenvalue weighted by molar-refractivity contribution is 7.89. The second-order valence-corrected chi connectivity index (χ2v) is 11.4. The quantitative estimate of drug-likeness (QED) is 0.658. The van der Waals surface area contributed by atoms with Gasteiger partial charge in [0, 0.05) is 18.8 Å². The molecule has 1 saturated heterocycles. The van der Waals surface area contributed by atoms with Crippen molar-refractivity contribution in [3.05, 3.63) is 59.2 Å². The van der Waals surface area contributed by atoms with Crippen molar-refractivity contribution in [1.82, 2.24) is 9.21 Å². The van der Waals surface area contributed by atoms with Gasteiger partial charge >= 0.3 is 0 Å². The van der Waals surface area contributed by atoms with Gasteiger partial charge in [0.25, 0.3) is 11.8 Å². The largest absolute Gasteiger partial charge is 0.324 e. The van der Waals surface area contributed by atoms with Gasteiger partial charge in [0.1, 0.15) is 6.04 Å². The Kier molecular flexibility index (Phi) is 6.35. The van der Waals surface area contributed by atoms with Gasteiger partial charge in [-0.3, -0.25) is 19.3 Å². The third-order valence-electron chi connectivity index (χ3n) is 6.44. The number of hydrogen-bond acceptors (Lipinski definition) is 5. The molecular formula is C25H29N3O5S. The molecule has 180 valence electrons. The Balaban J connectivity index is 1.46. The minimum Gasteiger partial charge on any atom is -0.324 e. The van der Waals surface area contributed by atoms with Crippen LogP contribution in [0.5, 0.6) is 0 Å². The molecule has 2 aromatic carbocycles. The van der Waals surface area contributed by atoms with Crippen molar-refractivity contribution in [2.45, 2.75) is 45.1 Å². The molecule has 0 spiro atoms. The smallest absolute Gasteiger partial charge is 0.262 e. The predicted molar refractivity (Wildman–Crippen MR) is 128 cm³/mol. The molecule has 3 atom stereocenters. The van der Waals surface area contributed by atoms with Crippen LogP contribution in [0.2, 0.25) is 0 Å². The molecule has 0 radical (unpaired) electrons. The molecule has 2 aliphatic rings. The van der Waals surface area contributed by atoms with Crippen LogP contribution in [-0.2, 0) is 14.8 Å². The first-order chi connectivity index (χ1) is 16.0. The van der Waals surface area contributed by atoms with E-state index in [1.165, 1.54) is 35.5 Å². The van der Waals surface area contributed by atoms with Crippen LogP contribution >= 0.6 is 0 Å². The number of piperidine rings is 1. The highest BCUT2D eigenvalue weighted by Gasteiger charge is 2.41. The molecule has 2 aromatic rings. The molecule has 2 heterocycles. The molecule has 4 rings (SSSR count). The van der Waals surface area contributed by atoms with Crippen molar-refractivity contribution in [1.29, 1.82) is 0 Å². The van der Waals surface area contributed by atoms with Crippen LogP contribution in [0.3, 0.4) is 0 Å². The number of imide groups is 1. The van der Waals surface area contributed by atoms with E-state index in [-0.39, 0.29) is 10.5 Å². The number of carbonyl (C=O) groups excluding carboxylic acids is 3. The molecule has 0 aromatic heterocycles. The lowest BCUT2D eigenvalue weighted by atomic mass is 9.94. The summed E-state index contributed by atoms with van der Waals surface area (Å²) in [6.07, 6.45) is 1.00. The van der Waals surface area contributed by atoms with Gasteiger partial charge in [0.2, 0.25) is 15.9 Å². The van der Waals surface area contributed by atoms with Crippen molar-refractivity contribution < 1.29 is 22.8 Å². The third kappa shape index (κ3) is 4.37. The van der Waals surface area contributed by atoms with Crippen molar-refractivity contribution in [2.75, 3.05) is 18.4 Å². The second-order valence-electron chi connectivity index (χ2n) is 9.49. The molecule has 1 fully saturated rings. The number of hydrogen-bond donors (Lipinski definition) is 1. The number of nitrogens with one attached hydrogen (secondary N) is 1. The fourth-order valence-electron chi connectivity index (χ4n) is 4.75. The average molecular weight is 484 g/mol. The topological polar surface area (TPSA) is 104 Å². The third-order valence-corrected chi connectivity index (χ3v) is 8.28. The number of rotatable bonds is 5. The van der Waals surface area contributed by atoms with Crippen LogP contribution in [0.1, 0.15) is 53.5 Å². The van der Waals surface area contributed by atoms with Gasteiger partial charge in [-0.15, -0.1) is 0 Å². The van der Waals surface area contributed by atoms with E-state index in [1.54, 1.807) is 18.2 Å². The van der Waals surface area contributed by atoms with Crippen LogP contribution in [-0.4, -0.2) is 54.5 Å². The fourth-order valence-corrected chi connectivity index (χ4v) is 6.43. The van der Waals surface area contributed by atoms with E-state index >= 15 is 0 Å². The van der Waals surface area contributed by atoms with Crippen LogP contribution in [0.25, 0.3) is 0 Å². The highest BCUT2D eigenvalue weighted by atomic mass is 32.2. The van der Waals surface area contributed by atoms with Gasteiger partial charge < -0.3 is 5.32 Å². The van der Waals surface area contributed by atoms with Crippen LogP contribution < -0.4 is 5.32 Å². The Labute approximate surface area is 200 Å². The summed E-state index contributed by atoms with van der Waals surface area (Å²) in [6, 6.07) is 9.91. The summed E-state index contributed by atoms with van der Waals surface area (Å²) in [4.78, 5) is 39.4. The molecule has 2 aliphatic heterocycles. The van der Waals surface area contributed by atoms with Crippen molar-refractivity contribution in [2.24, 2.45) is 11.8 Å². The summed E-state index contributed by atoms with van der Waals surface area (Å²) >= 11 is 0. The van der Waals surface area contributed by atoms with Crippen molar-refractivity contribution >= 4 is 33.4 Å². The van der Waals surface area contributed by atoms with Gasteiger partial charge in [0.05, 0.1) is 16.0 Å². The first-order valence-corrected chi connectivity index (χ1v) is 12.8. The Bertz CT molecular complexity index is 1250. The average Bonchev–Trinajstić information content (AvgIpc) is 3.02. The lowest BCUT2D eigenvalue weighted by molar-refractivity contribution is -0.119. The Hall–Kier alpha value is -3.04. The molecule has 0 aliphatic carbocycles. The summed E-state index contributed by atoms with van der Waals surface area (Å²) in [5.74, 6) is -0.957. The van der Waals surface area contributed by atoms with Gasteiger partial charge in [-0.1, -0.05) is 25.5 Å². The maximum atomic E-state index is 13.1. The molecule has 34 heavy (non-hydrogen) atoms. The normalized spacial score (nSPS) is 21.9. The number of carbonyl (C=O) groups is 3. The number of sulfonamides is 1. The van der Waals surface area contributed by atoms with Crippen molar-refractivity contribution in [3.63, 3.8) is 0 Å². The zero-order chi connectivity index (χ0) is 24.8. The fraction of sp³-hybridized carbons (Fsp3) is 0.400. The van der Waals surface area contributed by atoms with Gasteiger partial charge in [-0.25, -0.2) is 8.42 Å². The number of nitrogens with zero attached hydrogens (tertiary/aromatic N) is 2. The minimum absolute atomic E-state index is 0.163. The highest BCUT2D eigenvalue weighted by Crippen LogP contribution is 2.28. The Morgan fingerprint density at radius 3 is 2.18 bits per heavy atom. The first kappa shape index (κ1) is 24.1. The van der Waals surface area contributed by atoms with E-state index in [4.69, 9.17) is 0 Å². The van der Waals surface area contributed by atoms with E-state index in [9.17, 15) is 22.8 Å². The SMILES string of the molecule is Cc1ccc2c(c1)C(=O)N([C@H](C)C(=O)Nc1ccc(S(=O)(=O)N3C[C@H](C)C[C@H](C)C3)cc1)C2=O. The number of amides is 3. The van der Waals surface area contributed by atoms with E-state index in [1.807, 2.05) is 20.8 Å². The summed E-state index contributed by atoms with van der Waals surface area (Å²) < 4.78 is 27.6. The van der Waals surface area contributed by atoms with Crippen LogP contribution in [0, 0.1) is 18.8 Å². The second kappa shape index (κ2) is 8.96. The minimum atomic E-state index is -3.63. The van der Waals surface area contributed by atoms with Gasteiger partial charge in [-0.05, 0) is 68.5 Å². The molecule has 0 bridgehead atoms. The lowest BCUT2D eigenvalue weighted by Gasteiger charge is -2.34. The lowest BCUT2D eigenvalue weighted by Crippen LogP contribution is -2.45. The summed E-state index contributed by atoms with van der Waals surface area (Å²) in [5, 5.41) is 2.68. The Morgan fingerprint density at radius 2 is 1.56 bits per heavy atom. The predicted octanol–water partition coefficient (Wildman–Crippen LogP) is 3.28. The van der Waals surface area contributed by atoms with E-state index in [0.717, 1.165) is 16.9 Å². The van der Waals surface area contributed by atoms with Gasteiger partial charge in [0.15, 0.2) is 0 Å². The number of benzene rings is 2. The van der Waals surface area contributed by atoms with Gasteiger partial charge in [-0.2, -0.15) is 4.31 Å². The van der Waals surface area contributed by atoms with Crippen LogP contribution in [0.4, 0.5) is 5.69 Å². The first-order valence-electron chi connectivity index (χ1n) is 11.4. The molecular weight excluding hydrogens is 454 g/mol. The standard InChI is InChI=1S/C25H29N3O5S/c1-15-5-10-21-22(12-15)25(31)28(24(21)30)18(4)23(29)26-19-6-8-20(9-7-19)34(32,33)27-13-16(2)11-17(3)14-27/h5-10,12,16-18H,11,13-14H2,1-4H3,(H,26,29)/t16-,17+,18-/m1/s1. The molecule has 8 nitrogen and oxygen atoms in total. The van der Waals surface area contributed by atoms with E-state index in [0.29, 0.717) is 36.2 Å². The maximum Gasteiger partial charge on any atom is 0.262 e. The maximum absolute atomic E-state index is 13.1. The molecule has 0 saturated carbocycles. The molecule has 1 N–H and O–H groups in total. The summed E-state index contributed by atoms with van der Waals surface area (Å²) in [6.45, 7) is 8.39. The summed E-state index contributed by atoms with van der Waals surface area (Å²) in [7, 11) is -3.63. The van der Waals surface area contributed by atoms with Crippen LogP contribution in [0.15, 0.2) is 47.4 Å².